The Bertz CT molecular complexity index is 461. The summed E-state index contributed by atoms with van der Waals surface area (Å²) in [5.74, 6) is 0.599. The van der Waals surface area contributed by atoms with Gasteiger partial charge in [0.15, 0.2) is 0 Å². The zero-order chi connectivity index (χ0) is 12.8. The molecule has 0 aromatic heterocycles. The Kier molecular flexibility index (Phi) is 5.21. The molecule has 0 unspecified atom stereocenters. The maximum Gasteiger partial charge on any atom is -0.0117 e. The maximum absolute atomic E-state index is 2.27. The molecule has 0 aliphatic carbocycles. The molecule has 2 rings (SSSR count). The second-order valence-corrected chi connectivity index (χ2v) is 4.37. The van der Waals surface area contributed by atoms with Gasteiger partial charge in [0.2, 0.25) is 0 Å². The Hall–Kier alpha value is -1.30. The second kappa shape index (κ2) is 6.44. The molecule has 0 radical (unpaired) electrons. The van der Waals surface area contributed by atoms with Crippen molar-refractivity contribution in [3.63, 3.8) is 0 Å². The first kappa shape index (κ1) is 13.8. The molecular weight excluding hydrogens is 204 g/mol. The Labute approximate surface area is 106 Å². The van der Waals surface area contributed by atoms with E-state index in [-0.39, 0.29) is 0 Å². The van der Waals surface area contributed by atoms with Crippen molar-refractivity contribution in [2.75, 3.05) is 0 Å². The van der Waals surface area contributed by atoms with Gasteiger partial charge in [-0.1, -0.05) is 71.0 Å². The summed E-state index contributed by atoms with van der Waals surface area (Å²) in [6.45, 7) is 10.8. The molecule has 17 heavy (non-hydrogen) atoms. The first-order valence-electron chi connectivity index (χ1n) is 6.74. The van der Waals surface area contributed by atoms with Gasteiger partial charge in [-0.05, 0) is 34.2 Å². The van der Waals surface area contributed by atoms with Crippen LogP contribution in [0.15, 0.2) is 36.4 Å². The number of hydrogen-bond acceptors (Lipinski definition) is 0. The maximum atomic E-state index is 2.27. The normalized spacial score (nSPS) is 10.2. The minimum atomic E-state index is 0.599. The largest absolute Gasteiger partial charge is 0.0683 e. The zero-order valence-electron chi connectivity index (χ0n) is 11.7. The van der Waals surface area contributed by atoms with Crippen LogP contribution in [-0.4, -0.2) is 0 Å². The van der Waals surface area contributed by atoms with Crippen LogP contribution in [0.3, 0.4) is 0 Å². The highest BCUT2D eigenvalue weighted by atomic mass is 14.1. The van der Waals surface area contributed by atoms with Gasteiger partial charge < -0.3 is 0 Å². The summed E-state index contributed by atoms with van der Waals surface area (Å²) in [4.78, 5) is 0. The van der Waals surface area contributed by atoms with E-state index >= 15 is 0 Å². The molecule has 0 atom stereocenters. The monoisotopic (exact) mass is 228 g/mol. The van der Waals surface area contributed by atoms with Crippen molar-refractivity contribution < 1.29 is 0 Å². The highest BCUT2D eigenvalue weighted by molar-refractivity contribution is 5.89. The molecule has 0 bridgehead atoms. The van der Waals surface area contributed by atoms with Crippen LogP contribution in [0.5, 0.6) is 0 Å². The Morgan fingerprint density at radius 2 is 1.53 bits per heavy atom. The van der Waals surface area contributed by atoms with Crippen molar-refractivity contribution in [2.45, 2.75) is 47.0 Å². The molecule has 0 heteroatoms. The number of benzene rings is 2. The lowest BCUT2D eigenvalue weighted by molar-refractivity contribution is 0.874. The number of aryl methyl sites for hydroxylation is 1. The highest BCUT2D eigenvalue weighted by Gasteiger charge is 2.07. The SMILES string of the molecule is CC.CCc1cccc2cccc(C(C)C)c12. The van der Waals surface area contributed by atoms with E-state index in [9.17, 15) is 0 Å². The number of rotatable bonds is 2. The van der Waals surface area contributed by atoms with Crippen LogP contribution in [0.4, 0.5) is 0 Å². The van der Waals surface area contributed by atoms with Crippen molar-refractivity contribution in [3.8, 4) is 0 Å². The molecule has 0 saturated heterocycles. The van der Waals surface area contributed by atoms with E-state index in [1.165, 1.54) is 21.9 Å². The van der Waals surface area contributed by atoms with E-state index < -0.39 is 0 Å². The molecule has 0 N–H and O–H groups in total. The van der Waals surface area contributed by atoms with Crippen LogP contribution in [-0.2, 0) is 6.42 Å². The smallest absolute Gasteiger partial charge is 0.0117 e. The van der Waals surface area contributed by atoms with Gasteiger partial charge in [0, 0.05) is 0 Å². The minimum Gasteiger partial charge on any atom is -0.0683 e. The predicted molar refractivity (Wildman–Crippen MR) is 78.8 cm³/mol. The highest BCUT2D eigenvalue weighted by Crippen LogP contribution is 2.28. The van der Waals surface area contributed by atoms with E-state index in [2.05, 4.69) is 57.2 Å². The second-order valence-electron chi connectivity index (χ2n) is 4.37. The molecule has 0 fully saturated rings. The van der Waals surface area contributed by atoms with Gasteiger partial charge in [-0.3, -0.25) is 0 Å². The molecule has 0 saturated carbocycles. The first-order valence-corrected chi connectivity index (χ1v) is 6.74. The summed E-state index contributed by atoms with van der Waals surface area (Å²) in [5.41, 5.74) is 2.95. The Balaban J connectivity index is 0.000000686. The lowest BCUT2D eigenvalue weighted by atomic mass is 9.92. The van der Waals surface area contributed by atoms with Crippen molar-refractivity contribution in [2.24, 2.45) is 0 Å². The van der Waals surface area contributed by atoms with Gasteiger partial charge in [-0.2, -0.15) is 0 Å². The summed E-state index contributed by atoms with van der Waals surface area (Å²) in [7, 11) is 0. The molecule has 0 heterocycles. The Morgan fingerprint density at radius 3 is 2.06 bits per heavy atom. The summed E-state index contributed by atoms with van der Waals surface area (Å²) in [5, 5.41) is 2.85. The van der Waals surface area contributed by atoms with Gasteiger partial charge in [0.25, 0.3) is 0 Å². The molecule has 92 valence electrons. The average molecular weight is 228 g/mol. The molecule has 2 aromatic rings. The molecule has 2 aromatic carbocycles. The van der Waals surface area contributed by atoms with Crippen LogP contribution in [0.1, 0.15) is 51.7 Å². The lowest BCUT2D eigenvalue weighted by Gasteiger charge is -2.13. The average Bonchev–Trinajstić information content (AvgIpc) is 2.39. The van der Waals surface area contributed by atoms with Gasteiger partial charge >= 0.3 is 0 Å². The van der Waals surface area contributed by atoms with Crippen LogP contribution in [0.25, 0.3) is 10.8 Å². The van der Waals surface area contributed by atoms with Gasteiger partial charge in [0.05, 0.1) is 0 Å². The molecule has 0 spiro atoms. The summed E-state index contributed by atoms with van der Waals surface area (Å²) >= 11 is 0. The molecule has 0 aliphatic rings. The minimum absolute atomic E-state index is 0.599. The number of hydrogen-bond donors (Lipinski definition) is 0. The summed E-state index contributed by atoms with van der Waals surface area (Å²) in [6.07, 6.45) is 1.11. The van der Waals surface area contributed by atoms with Crippen LogP contribution in [0.2, 0.25) is 0 Å². The fourth-order valence-corrected chi connectivity index (χ4v) is 2.23. The third-order valence-electron chi connectivity index (χ3n) is 3.03. The van der Waals surface area contributed by atoms with Crippen molar-refractivity contribution >= 4 is 10.8 Å². The Morgan fingerprint density at radius 1 is 0.941 bits per heavy atom. The fraction of sp³-hybridized carbons (Fsp3) is 0.412. The summed E-state index contributed by atoms with van der Waals surface area (Å²) < 4.78 is 0. The number of fused-ring (bicyclic) bond motifs is 1. The first-order chi connectivity index (χ1) is 8.24. The fourth-order valence-electron chi connectivity index (χ4n) is 2.23. The van der Waals surface area contributed by atoms with Crippen LogP contribution in [0, 0.1) is 0 Å². The van der Waals surface area contributed by atoms with Gasteiger partial charge in [0.1, 0.15) is 0 Å². The van der Waals surface area contributed by atoms with Gasteiger partial charge in [-0.15, -0.1) is 0 Å². The van der Waals surface area contributed by atoms with E-state index in [1.807, 2.05) is 13.8 Å². The van der Waals surface area contributed by atoms with Gasteiger partial charge in [-0.25, -0.2) is 0 Å². The quantitative estimate of drug-likeness (QED) is 0.632. The lowest BCUT2D eigenvalue weighted by Crippen LogP contribution is -1.93. The van der Waals surface area contributed by atoms with Crippen LogP contribution >= 0.6 is 0 Å². The molecule has 0 aliphatic heterocycles. The third kappa shape index (κ3) is 2.88. The molecular formula is C17H24. The van der Waals surface area contributed by atoms with Crippen molar-refractivity contribution in [3.05, 3.63) is 47.5 Å². The van der Waals surface area contributed by atoms with E-state index in [4.69, 9.17) is 0 Å². The third-order valence-corrected chi connectivity index (χ3v) is 3.03. The topological polar surface area (TPSA) is 0 Å². The standard InChI is InChI=1S/C15H18.C2H6/c1-4-12-7-5-8-13-9-6-10-14(11(2)3)15(12)13;1-2/h5-11H,4H2,1-3H3;1-2H3. The van der Waals surface area contributed by atoms with Crippen LogP contribution < -0.4 is 0 Å². The van der Waals surface area contributed by atoms with E-state index in [0.29, 0.717) is 5.92 Å². The van der Waals surface area contributed by atoms with Crippen molar-refractivity contribution in [1.29, 1.82) is 0 Å². The summed E-state index contributed by atoms with van der Waals surface area (Å²) in [6, 6.07) is 13.2. The van der Waals surface area contributed by atoms with Crippen molar-refractivity contribution in [1.82, 2.24) is 0 Å². The molecule has 0 nitrogen and oxygen atoms in total. The zero-order valence-corrected chi connectivity index (χ0v) is 11.7. The van der Waals surface area contributed by atoms with E-state index in [0.717, 1.165) is 6.42 Å². The predicted octanol–water partition coefficient (Wildman–Crippen LogP) is 5.55. The van der Waals surface area contributed by atoms with E-state index in [1.54, 1.807) is 0 Å². The molecule has 0 amide bonds.